The van der Waals surface area contributed by atoms with Crippen molar-refractivity contribution < 1.29 is 13.2 Å². The lowest BCUT2D eigenvalue weighted by atomic mass is 9.93. The first-order valence-electron chi connectivity index (χ1n) is 9.87. The topological polar surface area (TPSA) is 85.2 Å². The second kappa shape index (κ2) is 8.35. The molecule has 0 radical (unpaired) electrons. The lowest BCUT2D eigenvalue weighted by Gasteiger charge is -2.33. The summed E-state index contributed by atoms with van der Waals surface area (Å²) in [5.74, 6) is 0.995. The number of rotatable bonds is 6. The molecule has 0 saturated carbocycles. The molecule has 0 aliphatic carbocycles. The minimum absolute atomic E-state index is 0.0357. The molecule has 1 aromatic carbocycles. The van der Waals surface area contributed by atoms with E-state index < -0.39 is 10.0 Å². The van der Waals surface area contributed by atoms with Crippen molar-refractivity contribution >= 4 is 44.3 Å². The maximum atomic E-state index is 13.2. The van der Waals surface area contributed by atoms with Gasteiger partial charge in [0.15, 0.2) is 5.65 Å². The molecule has 0 N–H and O–H groups in total. The van der Waals surface area contributed by atoms with E-state index in [0.717, 1.165) is 24.9 Å². The highest BCUT2D eigenvalue weighted by atomic mass is 35.5. The molecule has 0 amide bonds. The number of nitrogens with zero attached hydrogens (tertiary/aromatic N) is 4. The molecule has 7 nitrogen and oxygen atoms in total. The molecule has 1 aliphatic heterocycles. The van der Waals surface area contributed by atoms with E-state index in [2.05, 4.69) is 14.9 Å². The number of carbonyl (C=O) groups is 1. The Morgan fingerprint density at radius 1 is 1.20 bits per heavy atom. The molecule has 3 heterocycles. The zero-order valence-corrected chi connectivity index (χ0v) is 18.2. The smallest absolute Gasteiger partial charge is 0.269 e. The van der Waals surface area contributed by atoms with Gasteiger partial charge in [0.1, 0.15) is 17.9 Å². The molecular formula is C21H23ClN4O3S. The molecule has 30 heavy (non-hydrogen) atoms. The van der Waals surface area contributed by atoms with E-state index in [9.17, 15) is 13.2 Å². The maximum Gasteiger partial charge on any atom is 0.269 e. The Labute approximate surface area is 180 Å². The fraction of sp³-hybridized carbons (Fsp3) is 0.381. The van der Waals surface area contributed by atoms with Gasteiger partial charge >= 0.3 is 0 Å². The number of hydrogen-bond acceptors (Lipinski definition) is 6. The molecule has 3 aromatic rings. The van der Waals surface area contributed by atoms with E-state index in [1.165, 1.54) is 16.5 Å². The third kappa shape index (κ3) is 3.94. The second-order valence-electron chi connectivity index (χ2n) is 7.69. The Balaban J connectivity index is 1.69. The number of fused-ring (bicyclic) bond motifs is 1. The van der Waals surface area contributed by atoms with Crippen LogP contribution in [-0.2, 0) is 14.8 Å². The molecule has 158 valence electrons. The maximum absolute atomic E-state index is 13.2. The van der Waals surface area contributed by atoms with Gasteiger partial charge in [0, 0.05) is 25.7 Å². The van der Waals surface area contributed by atoms with Crippen LogP contribution in [0.15, 0.2) is 47.8 Å². The molecule has 1 saturated heterocycles. The zero-order valence-electron chi connectivity index (χ0n) is 16.7. The standard InChI is InChI=1S/C21H23ClN4O3S/c1-15-4-6-18(7-5-15)30(28,29)26-10-8-19-20(23-14-24-21(19)26)25-9-2-3-16(13-25)11-17(27)12-22/h4-8,10,14,16H,2-3,9,11-13H2,1H3. The lowest BCUT2D eigenvalue weighted by Crippen LogP contribution is -2.37. The van der Waals surface area contributed by atoms with Crippen LogP contribution >= 0.6 is 11.6 Å². The molecule has 0 spiro atoms. The highest BCUT2D eigenvalue weighted by Gasteiger charge is 2.26. The summed E-state index contributed by atoms with van der Waals surface area (Å²) in [7, 11) is -3.77. The predicted octanol–water partition coefficient (Wildman–Crippen LogP) is 3.39. The van der Waals surface area contributed by atoms with Crippen LogP contribution in [0.1, 0.15) is 24.8 Å². The number of Topliss-reactive ketones (excluding diaryl/α,β-unsaturated/α-hetero) is 1. The SMILES string of the molecule is Cc1ccc(S(=O)(=O)n2ccc3c(N4CCCC(CC(=O)CCl)C4)ncnc32)cc1. The molecular weight excluding hydrogens is 424 g/mol. The van der Waals surface area contributed by atoms with Crippen LogP contribution in [0.5, 0.6) is 0 Å². The van der Waals surface area contributed by atoms with Crippen LogP contribution in [0.4, 0.5) is 5.82 Å². The van der Waals surface area contributed by atoms with Crippen molar-refractivity contribution in [1.82, 2.24) is 13.9 Å². The number of hydrogen-bond donors (Lipinski definition) is 0. The van der Waals surface area contributed by atoms with Gasteiger partial charge in [0.25, 0.3) is 10.0 Å². The number of piperidine rings is 1. The van der Waals surface area contributed by atoms with Crippen molar-refractivity contribution in [2.45, 2.75) is 31.1 Å². The number of ketones is 1. The largest absolute Gasteiger partial charge is 0.356 e. The minimum Gasteiger partial charge on any atom is -0.356 e. The summed E-state index contributed by atoms with van der Waals surface area (Å²) in [4.78, 5) is 22.8. The Morgan fingerprint density at radius 3 is 2.70 bits per heavy atom. The second-order valence-corrected chi connectivity index (χ2v) is 9.78. The summed E-state index contributed by atoms with van der Waals surface area (Å²) in [6, 6.07) is 8.48. The van der Waals surface area contributed by atoms with Gasteiger partial charge in [-0.15, -0.1) is 11.6 Å². The molecule has 2 aromatic heterocycles. The number of aromatic nitrogens is 3. The number of aryl methyl sites for hydroxylation is 1. The zero-order chi connectivity index (χ0) is 21.3. The number of halogens is 1. The summed E-state index contributed by atoms with van der Waals surface area (Å²) in [5, 5.41) is 0.678. The molecule has 1 aliphatic rings. The number of carbonyl (C=O) groups excluding carboxylic acids is 1. The van der Waals surface area contributed by atoms with E-state index in [-0.39, 0.29) is 22.5 Å². The highest BCUT2D eigenvalue weighted by Crippen LogP contribution is 2.30. The average Bonchev–Trinajstić information content (AvgIpc) is 3.19. The summed E-state index contributed by atoms with van der Waals surface area (Å²) in [6.07, 6.45) is 5.28. The van der Waals surface area contributed by atoms with Crippen molar-refractivity contribution in [1.29, 1.82) is 0 Å². The van der Waals surface area contributed by atoms with Crippen LogP contribution < -0.4 is 4.90 Å². The summed E-state index contributed by atoms with van der Waals surface area (Å²) in [5.41, 5.74) is 1.34. The van der Waals surface area contributed by atoms with E-state index in [4.69, 9.17) is 11.6 Å². The van der Waals surface area contributed by atoms with Gasteiger partial charge in [0.2, 0.25) is 0 Å². The fourth-order valence-electron chi connectivity index (χ4n) is 3.99. The Morgan fingerprint density at radius 2 is 1.97 bits per heavy atom. The van der Waals surface area contributed by atoms with Crippen molar-refractivity contribution in [3.05, 3.63) is 48.4 Å². The van der Waals surface area contributed by atoms with E-state index in [1.54, 1.807) is 30.3 Å². The van der Waals surface area contributed by atoms with Gasteiger partial charge in [-0.05, 0) is 43.9 Å². The van der Waals surface area contributed by atoms with Gasteiger partial charge < -0.3 is 4.90 Å². The summed E-state index contributed by atoms with van der Waals surface area (Å²) in [6.45, 7) is 3.39. The molecule has 4 rings (SSSR count). The molecule has 1 fully saturated rings. The van der Waals surface area contributed by atoms with Crippen LogP contribution in [-0.4, -0.2) is 47.1 Å². The Hall–Kier alpha value is -2.45. The predicted molar refractivity (Wildman–Crippen MR) is 117 cm³/mol. The van der Waals surface area contributed by atoms with Crippen LogP contribution in [0, 0.1) is 12.8 Å². The Kier molecular flexibility index (Phi) is 5.79. The molecule has 1 atom stereocenters. The average molecular weight is 447 g/mol. The summed E-state index contributed by atoms with van der Waals surface area (Å²) >= 11 is 5.66. The van der Waals surface area contributed by atoms with Gasteiger partial charge in [-0.25, -0.2) is 22.4 Å². The first-order chi connectivity index (χ1) is 14.4. The van der Waals surface area contributed by atoms with E-state index in [0.29, 0.717) is 29.8 Å². The van der Waals surface area contributed by atoms with Crippen molar-refractivity contribution in [2.75, 3.05) is 23.9 Å². The number of alkyl halides is 1. The van der Waals surface area contributed by atoms with E-state index >= 15 is 0 Å². The monoisotopic (exact) mass is 446 g/mol. The van der Waals surface area contributed by atoms with Crippen molar-refractivity contribution in [3.8, 4) is 0 Å². The fourth-order valence-corrected chi connectivity index (χ4v) is 5.40. The van der Waals surface area contributed by atoms with Gasteiger partial charge in [-0.3, -0.25) is 4.79 Å². The first kappa shape index (κ1) is 20.8. The van der Waals surface area contributed by atoms with E-state index in [1.807, 2.05) is 6.92 Å². The third-order valence-corrected chi connectivity index (χ3v) is 7.47. The first-order valence-corrected chi connectivity index (χ1v) is 11.8. The third-order valence-electron chi connectivity index (χ3n) is 5.49. The Bertz CT molecular complexity index is 1170. The lowest BCUT2D eigenvalue weighted by molar-refractivity contribution is -0.117. The number of benzene rings is 1. The highest BCUT2D eigenvalue weighted by molar-refractivity contribution is 7.90. The van der Waals surface area contributed by atoms with Crippen molar-refractivity contribution in [3.63, 3.8) is 0 Å². The summed E-state index contributed by atoms with van der Waals surface area (Å²) < 4.78 is 27.5. The normalized spacial score (nSPS) is 17.4. The molecule has 1 unspecified atom stereocenters. The minimum atomic E-state index is -3.77. The quantitative estimate of drug-likeness (QED) is 0.539. The van der Waals surface area contributed by atoms with Gasteiger partial charge in [-0.2, -0.15) is 0 Å². The van der Waals surface area contributed by atoms with Gasteiger partial charge in [-0.1, -0.05) is 17.7 Å². The van der Waals surface area contributed by atoms with Crippen LogP contribution in [0.3, 0.4) is 0 Å². The van der Waals surface area contributed by atoms with Crippen molar-refractivity contribution in [2.24, 2.45) is 5.92 Å². The van der Waals surface area contributed by atoms with Crippen LogP contribution in [0.2, 0.25) is 0 Å². The van der Waals surface area contributed by atoms with Crippen LogP contribution in [0.25, 0.3) is 11.0 Å². The molecule has 9 heteroatoms. The number of anilines is 1. The van der Waals surface area contributed by atoms with Gasteiger partial charge in [0.05, 0.1) is 16.2 Å². The molecule has 0 bridgehead atoms.